The summed E-state index contributed by atoms with van der Waals surface area (Å²) in [6.07, 6.45) is 0.967. The third kappa shape index (κ3) is 3.03. The van der Waals surface area contributed by atoms with Gasteiger partial charge in [0.1, 0.15) is 0 Å². The number of amides is 2. The summed E-state index contributed by atoms with van der Waals surface area (Å²) in [6.45, 7) is 4.09. The summed E-state index contributed by atoms with van der Waals surface area (Å²) < 4.78 is 0. The molecular weight excluding hydrogens is 232 g/mol. The van der Waals surface area contributed by atoms with Gasteiger partial charge in [0.15, 0.2) is 0 Å². The van der Waals surface area contributed by atoms with Crippen molar-refractivity contribution in [1.82, 2.24) is 15.3 Å². The first-order valence-corrected chi connectivity index (χ1v) is 5.94. The second-order valence-corrected chi connectivity index (χ2v) is 4.50. The molecule has 2 heterocycles. The van der Waals surface area contributed by atoms with Gasteiger partial charge in [0.25, 0.3) is 0 Å². The second-order valence-electron chi connectivity index (χ2n) is 4.50. The fraction of sp³-hybridized carbons (Fsp3) is 0.500. The number of carbonyl (C=O) groups is 2. The summed E-state index contributed by atoms with van der Waals surface area (Å²) in [5.41, 5.74) is 1.63. The minimum Gasteiger partial charge on any atom is -0.355 e. The topological polar surface area (TPSA) is 84.0 Å². The molecule has 2 N–H and O–H groups in total. The highest BCUT2D eigenvalue weighted by atomic mass is 16.2. The van der Waals surface area contributed by atoms with Crippen molar-refractivity contribution >= 4 is 17.8 Å². The Morgan fingerprint density at radius 2 is 2.06 bits per heavy atom. The van der Waals surface area contributed by atoms with Gasteiger partial charge in [-0.1, -0.05) is 0 Å². The number of piperidine rings is 1. The van der Waals surface area contributed by atoms with Crippen molar-refractivity contribution in [2.75, 3.05) is 11.9 Å². The van der Waals surface area contributed by atoms with Crippen LogP contribution in [0.3, 0.4) is 0 Å². The highest BCUT2D eigenvalue weighted by Gasteiger charge is 2.24. The largest absolute Gasteiger partial charge is 0.355 e. The summed E-state index contributed by atoms with van der Waals surface area (Å²) >= 11 is 0. The number of carbonyl (C=O) groups excluding carboxylic acids is 2. The number of aromatic nitrogens is 2. The SMILES string of the molecule is Cc1cc(C)nc(NC(=O)C2CCC(=O)NC2)n1. The van der Waals surface area contributed by atoms with E-state index < -0.39 is 0 Å². The third-order valence-electron chi connectivity index (χ3n) is 2.85. The summed E-state index contributed by atoms with van der Waals surface area (Å²) in [7, 11) is 0. The molecule has 1 aromatic heterocycles. The van der Waals surface area contributed by atoms with Crippen molar-refractivity contribution in [2.24, 2.45) is 5.92 Å². The summed E-state index contributed by atoms with van der Waals surface area (Å²) in [5, 5.41) is 5.38. The van der Waals surface area contributed by atoms with E-state index in [0.717, 1.165) is 11.4 Å². The molecule has 18 heavy (non-hydrogen) atoms. The van der Waals surface area contributed by atoms with Gasteiger partial charge in [0.2, 0.25) is 17.8 Å². The summed E-state index contributed by atoms with van der Waals surface area (Å²) in [4.78, 5) is 31.3. The molecule has 2 amide bonds. The molecule has 0 spiro atoms. The van der Waals surface area contributed by atoms with Crippen molar-refractivity contribution in [3.8, 4) is 0 Å². The quantitative estimate of drug-likeness (QED) is 0.801. The van der Waals surface area contributed by atoms with Crippen LogP contribution in [0.4, 0.5) is 5.95 Å². The predicted octanol–water partition coefficient (Wildman–Crippen LogP) is 0.558. The molecule has 1 aromatic rings. The average Bonchev–Trinajstić information content (AvgIpc) is 2.28. The molecule has 1 saturated heterocycles. The second kappa shape index (κ2) is 5.12. The van der Waals surface area contributed by atoms with E-state index in [1.807, 2.05) is 19.9 Å². The van der Waals surface area contributed by atoms with Crippen molar-refractivity contribution in [3.63, 3.8) is 0 Å². The minimum absolute atomic E-state index is 0.00157. The van der Waals surface area contributed by atoms with Crippen LogP contribution in [0.15, 0.2) is 6.07 Å². The van der Waals surface area contributed by atoms with Crippen LogP contribution in [0.2, 0.25) is 0 Å². The molecule has 0 aromatic carbocycles. The lowest BCUT2D eigenvalue weighted by atomic mass is 9.98. The van der Waals surface area contributed by atoms with Crippen molar-refractivity contribution in [3.05, 3.63) is 17.5 Å². The zero-order valence-corrected chi connectivity index (χ0v) is 10.5. The lowest BCUT2D eigenvalue weighted by Gasteiger charge is -2.21. The molecule has 6 nitrogen and oxygen atoms in total. The Kier molecular flexibility index (Phi) is 3.55. The van der Waals surface area contributed by atoms with E-state index >= 15 is 0 Å². The summed E-state index contributed by atoms with van der Waals surface area (Å²) in [5.74, 6) is -0.0109. The molecule has 96 valence electrons. The zero-order chi connectivity index (χ0) is 13.1. The maximum atomic E-state index is 12.0. The van der Waals surface area contributed by atoms with Crippen LogP contribution in [0.1, 0.15) is 24.2 Å². The van der Waals surface area contributed by atoms with Crippen molar-refractivity contribution < 1.29 is 9.59 Å². The van der Waals surface area contributed by atoms with E-state index in [2.05, 4.69) is 20.6 Å². The number of nitrogens with zero attached hydrogens (tertiary/aromatic N) is 2. The Morgan fingerprint density at radius 3 is 2.61 bits per heavy atom. The van der Waals surface area contributed by atoms with Gasteiger partial charge in [-0.15, -0.1) is 0 Å². The first-order chi connectivity index (χ1) is 8.54. The normalized spacial score (nSPS) is 19.2. The van der Waals surface area contributed by atoms with E-state index in [4.69, 9.17) is 0 Å². The van der Waals surface area contributed by atoms with Crippen LogP contribution in [0.5, 0.6) is 0 Å². The third-order valence-corrected chi connectivity index (χ3v) is 2.85. The van der Waals surface area contributed by atoms with Crippen molar-refractivity contribution in [1.29, 1.82) is 0 Å². The van der Waals surface area contributed by atoms with Gasteiger partial charge in [-0.25, -0.2) is 9.97 Å². The Bertz CT molecular complexity index is 457. The van der Waals surface area contributed by atoms with Crippen LogP contribution in [0.25, 0.3) is 0 Å². The van der Waals surface area contributed by atoms with E-state index in [9.17, 15) is 9.59 Å². The Morgan fingerprint density at radius 1 is 1.39 bits per heavy atom. The van der Waals surface area contributed by atoms with Gasteiger partial charge in [0, 0.05) is 24.4 Å². The standard InChI is InChI=1S/C12H16N4O2/c1-7-5-8(2)15-12(14-7)16-11(18)9-3-4-10(17)13-6-9/h5,9H,3-4,6H2,1-2H3,(H,13,17)(H,14,15,16,18). The van der Waals surface area contributed by atoms with Crippen LogP contribution < -0.4 is 10.6 Å². The molecule has 1 unspecified atom stereocenters. The van der Waals surface area contributed by atoms with Gasteiger partial charge < -0.3 is 5.32 Å². The predicted molar refractivity (Wildman–Crippen MR) is 65.9 cm³/mol. The first kappa shape index (κ1) is 12.5. The molecule has 1 aliphatic rings. The van der Waals surface area contributed by atoms with Gasteiger partial charge >= 0.3 is 0 Å². The fourth-order valence-corrected chi connectivity index (χ4v) is 1.95. The lowest BCUT2D eigenvalue weighted by molar-refractivity contribution is -0.126. The molecule has 1 aliphatic heterocycles. The molecular formula is C12H16N4O2. The maximum absolute atomic E-state index is 12.0. The number of rotatable bonds is 2. The highest BCUT2D eigenvalue weighted by Crippen LogP contribution is 2.13. The van der Waals surface area contributed by atoms with Crippen LogP contribution in [-0.2, 0) is 9.59 Å². The molecule has 1 fully saturated rings. The van der Waals surface area contributed by atoms with Crippen LogP contribution in [-0.4, -0.2) is 28.3 Å². The lowest BCUT2D eigenvalue weighted by Crippen LogP contribution is -2.40. The number of hydrogen-bond donors (Lipinski definition) is 2. The Hall–Kier alpha value is -1.98. The first-order valence-electron chi connectivity index (χ1n) is 5.94. The number of hydrogen-bond acceptors (Lipinski definition) is 4. The van der Waals surface area contributed by atoms with E-state index in [1.54, 1.807) is 0 Å². The van der Waals surface area contributed by atoms with Gasteiger partial charge in [-0.05, 0) is 26.3 Å². The molecule has 2 rings (SSSR count). The molecule has 0 saturated carbocycles. The number of aryl methyl sites for hydroxylation is 2. The van der Waals surface area contributed by atoms with Crippen LogP contribution >= 0.6 is 0 Å². The van der Waals surface area contributed by atoms with Gasteiger partial charge in [-0.2, -0.15) is 0 Å². The van der Waals surface area contributed by atoms with Crippen molar-refractivity contribution in [2.45, 2.75) is 26.7 Å². The molecule has 0 aliphatic carbocycles. The van der Waals surface area contributed by atoms with E-state index in [-0.39, 0.29) is 17.7 Å². The van der Waals surface area contributed by atoms with Crippen LogP contribution in [0, 0.1) is 19.8 Å². The Balaban J connectivity index is 2.00. The molecule has 6 heteroatoms. The fourth-order valence-electron chi connectivity index (χ4n) is 1.95. The molecule has 1 atom stereocenters. The summed E-state index contributed by atoms with van der Waals surface area (Å²) in [6, 6.07) is 1.84. The zero-order valence-electron chi connectivity index (χ0n) is 10.5. The monoisotopic (exact) mass is 248 g/mol. The molecule has 0 bridgehead atoms. The maximum Gasteiger partial charge on any atom is 0.231 e. The van der Waals surface area contributed by atoms with Gasteiger partial charge in [-0.3, -0.25) is 14.9 Å². The molecule has 0 radical (unpaired) electrons. The average molecular weight is 248 g/mol. The number of anilines is 1. The van der Waals surface area contributed by atoms with E-state index in [0.29, 0.717) is 25.3 Å². The smallest absolute Gasteiger partial charge is 0.231 e. The van der Waals surface area contributed by atoms with E-state index in [1.165, 1.54) is 0 Å². The number of nitrogens with one attached hydrogen (secondary N) is 2. The minimum atomic E-state index is -0.202. The highest BCUT2D eigenvalue weighted by molar-refractivity contribution is 5.92. The Labute approximate surface area is 105 Å². The van der Waals surface area contributed by atoms with Gasteiger partial charge in [0.05, 0.1) is 5.92 Å².